The molecule has 2 heterocycles. The molecule has 0 aliphatic rings. The predicted octanol–water partition coefficient (Wildman–Crippen LogP) is 3.23. The van der Waals surface area contributed by atoms with E-state index in [9.17, 15) is 4.79 Å². The van der Waals surface area contributed by atoms with Gasteiger partial charge in [-0.15, -0.1) is 0 Å². The minimum absolute atomic E-state index is 0.321. The summed E-state index contributed by atoms with van der Waals surface area (Å²) >= 11 is 3.31. The van der Waals surface area contributed by atoms with Gasteiger partial charge in [-0.3, -0.25) is 4.79 Å². The van der Waals surface area contributed by atoms with Crippen LogP contribution in [0.1, 0.15) is 10.5 Å². The van der Waals surface area contributed by atoms with Crippen LogP contribution in [0.3, 0.4) is 0 Å². The first-order chi connectivity index (χ1) is 10.1. The maximum atomic E-state index is 12.2. The maximum absolute atomic E-state index is 12.2. The summed E-state index contributed by atoms with van der Waals surface area (Å²) in [6, 6.07) is 12.8. The lowest BCUT2D eigenvalue weighted by atomic mass is 10.2. The Morgan fingerprint density at radius 3 is 2.81 bits per heavy atom. The van der Waals surface area contributed by atoms with Gasteiger partial charge in [0.05, 0.1) is 21.9 Å². The van der Waals surface area contributed by atoms with Gasteiger partial charge in [-0.1, -0.05) is 24.3 Å². The van der Waals surface area contributed by atoms with Crippen molar-refractivity contribution < 1.29 is 4.79 Å². The Morgan fingerprint density at radius 2 is 2.00 bits per heavy atom. The van der Waals surface area contributed by atoms with E-state index in [1.165, 1.54) is 6.20 Å². The van der Waals surface area contributed by atoms with E-state index in [0.29, 0.717) is 21.7 Å². The Balaban J connectivity index is 1.89. The van der Waals surface area contributed by atoms with Crippen molar-refractivity contribution >= 4 is 44.2 Å². The third kappa shape index (κ3) is 2.85. The zero-order chi connectivity index (χ0) is 14.8. The molecular formula is C15H11BrN4O. The highest BCUT2D eigenvalue weighted by Gasteiger charge is 2.11. The van der Waals surface area contributed by atoms with Gasteiger partial charge in [0, 0.05) is 5.39 Å². The van der Waals surface area contributed by atoms with Crippen molar-refractivity contribution in [1.82, 2.24) is 9.97 Å². The number of amides is 1. The third-order valence-electron chi connectivity index (χ3n) is 2.93. The van der Waals surface area contributed by atoms with E-state index in [1.807, 2.05) is 30.3 Å². The molecule has 0 atom stereocenters. The summed E-state index contributed by atoms with van der Waals surface area (Å²) < 4.78 is 0.622. The number of hydrogen-bond donors (Lipinski definition) is 2. The van der Waals surface area contributed by atoms with E-state index in [-0.39, 0.29) is 5.91 Å². The van der Waals surface area contributed by atoms with Crippen molar-refractivity contribution in [2.45, 2.75) is 0 Å². The fourth-order valence-electron chi connectivity index (χ4n) is 1.91. The van der Waals surface area contributed by atoms with Crippen LogP contribution in [-0.2, 0) is 0 Å². The average molecular weight is 343 g/mol. The first-order valence-corrected chi connectivity index (χ1v) is 7.01. The van der Waals surface area contributed by atoms with Gasteiger partial charge in [-0.25, -0.2) is 9.97 Å². The molecule has 3 N–H and O–H groups in total. The molecule has 0 fully saturated rings. The molecule has 1 aromatic carbocycles. The highest BCUT2D eigenvalue weighted by Crippen LogP contribution is 2.22. The molecule has 3 aromatic rings. The largest absolute Gasteiger partial charge is 0.397 e. The van der Waals surface area contributed by atoms with Crippen LogP contribution in [0.15, 0.2) is 53.1 Å². The molecule has 5 nitrogen and oxygen atoms in total. The fraction of sp³-hybridized carbons (Fsp3) is 0. The summed E-state index contributed by atoms with van der Waals surface area (Å²) in [6.07, 6.45) is 1.48. The second-order valence-electron chi connectivity index (χ2n) is 4.44. The smallest absolute Gasteiger partial charge is 0.275 e. The van der Waals surface area contributed by atoms with Gasteiger partial charge in [-0.05, 0) is 34.1 Å². The lowest BCUT2D eigenvalue weighted by Crippen LogP contribution is -2.15. The molecule has 0 saturated heterocycles. The Morgan fingerprint density at radius 1 is 1.19 bits per heavy atom. The van der Waals surface area contributed by atoms with Crippen molar-refractivity contribution in [2.75, 3.05) is 11.1 Å². The summed E-state index contributed by atoms with van der Waals surface area (Å²) in [5.74, 6) is 0.0860. The topological polar surface area (TPSA) is 80.9 Å². The minimum atomic E-state index is -0.321. The quantitative estimate of drug-likeness (QED) is 0.749. The Kier molecular flexibility index (Phi) is 3.53. The molecular weight excluding hydrogens is 332 g/mol. The van der Waals surface area contributed by atoms with E-state index < -0.39 is 0 Å². The van der Waals surface area contributed by atoms with Crippen molar-refractivity contribution in [1.29, 1.82) is 0 Å². The number of carbonyl (C=O) groups excluding carboxylic acids is 1. The summed E-state index contributed by atoms with van der Waals surface area (Å²) in [6.45, 7) is 0. The number of aromatic nitrogens is 2. The van der Waals surface area contributed by atoms with Gasteiger partial charge in [0.1, 0.15) is 11.5 Å². The van der Waals surface area contributed by atoms with Crippen LogP contribution in [0, 0.1) is 0 Å². The lowest BCUT2D eigenvalue weighted by molar-refractivity contribution is 0.102. The predicted molar refractivity (Wildman–Crippen MR) is 86.0 cm³/mol. The van der Waals surface area contributed by atoms with Crippen LogP contribution < -0.4 is 11.1 Å². The summed E-state index contributed by atoms with van der Waals surface area (Å²) in [4.78, 5) is 20.6. The lowest BCUT2D eigenvalue weighted by Gasteiger charge is -2.07. The van der Waals surface area contributed by atoms with Crippen LogP contribution in [0.2, 0.25) is 0 Å². The number of nitrogens with two attached hydrogens (primary N) is 1. The van der Waals surface area contributed by atoms with E-state index in [2.05, 4.69) is 31.2 Å². The van der Waals surface area contributed by atoms with Crippen molar-refractivity contribution in [2.24, 2.45) is 0 Å². The third-order valence-corrected chi connectivity index (χ3v) is 3.53. The van der Waals surface area contributed by atoms with Gasteiger partial charge in [0.15, 0.2) is 0 Å². The maximum Gasteiger partial charge on any atom is 0.275 e. The Labute approximate surface area is 129 Å². The fourth-order valence-corrected chi connectivity index (χ4v) is 2.37. The molecule has 21 heavy (non-hydrogen) atoms. The number of rotatable bonds is 2. The van der Waals surface area contributed by atoms with E-state index >= 15 is 0 Å². The molecule has 0 unspecified atom stereocenters. The number of pyridine rings is 2. The zero-order valence-electron chi connectivity index (χ0n) is 10.9. The molecule has 0 spiro atoms. The van der Waals surface area contributed by atoms with Gasteiger partial charge in [-0.2, -0.15) is 0 Å². The Hall–Kier alpha value is -2.47. The molecule has 3 rings (SSSR count). The van der Waals surface area contributed by atoms with Gasteiger partial charge in [0.25, 0.3) is 5.91 Å². The van der Waals surface area contributed by atoms with Crippen LogP contribution in [0.5, 0.6) is 0 Å². The van der Waals surface area contributed by atoms with Crippen LogP contribution in [0.4, 0.5) is 11.5 Å². The second kappa shape index (κ2) is 5.49. The summed E-state index contributed by atoms with van der Waals surface area (Å²) in [7, 11) is 0. The molecule has 0 aliphatic carbocycles. The van der Waals surface area contributed by atoms with Crippen LogP contribution >= 0.6 is 15.9 Å². The summed E-state index contributed by atoms with van der Waals surface area (Å²) in [5.41, 5.74) is 7.24. The summed E-state index contributed by atoms with van der Waals surface area (Å²) in [5, 5.41) is 3.69. The van der Waals surface area contributed by atoms with Crippen LogP contribution in [-0.4, -0.2) is 15.9 Å². The van der Waals surface area contributed by atoms with E-state index in [4.69, 9.17) is 5.73 Å². The molecule has 2 aromatic heterocycles. The number of anilines is 2. The van der Waals surface area contributed by atoms with Gasteiger partial charge < -0.3 is 11.1 Å². The molecule has 1 amide bonds. The molecule has 0 aliphatic heterocycles. The average Bonchev–Trinajstić information content (AvgIpc) is 2.49. The second-order valence-corrected chi connectivity index (χ2v) is 5.30. The van der Waals surface area contributed by atoms with Gasteiger partial charge in [0.2, 0.25) is 0 Å². The van der Waals surface area contributed by atoms with E-state index in [0.717, 1.165) is 10.9 Å². The molecule has 0 radical (unpaired) electrons. The monoisotopic (exact) mass is 342 g/mol. The molecule has 0 bridgehead atoms. The molecule has 0 saturated carbocycles. The molecule has 6 heteroatoms. The van der Waals surface area contributed by atoms with Gasteiger partial charge >= 0.3 is 0 Å². The highest BCUT2D eigenvalue weighted by molar-refractivity contribution is 9.10. The first-order valence-electron chi connectivity index (χ1n) is 6.21. The molecule has 104 valence electrons. The number of hydrogen-bond acceptors (Lipinski definition) is 4. The number of nitrogen functional groups attached to an aromatic ring is 1. The van der Waals surface area contributed by atoms with Crippen molar-refractivity contribution in [3.63, 3.8) is 0 Å². The van der Waals surface area contributed by atoms with Crippen LogP contribution in [0.25, 0.3) is 10.9 Å². The number of benzene rings is 1. The number of nitrogens with zero attached hydrogens (tertiary/aromatic N) is 2. The SMILES string of the molecule is Nc1cnc(NC(=O)c2ccc3ccccc3n2)c(Br)c1. The van der Waals surface area contributed by atoms with Crippen molar-refractivity contribution in [3.05, 3.63) is 58.8 Å². The number of nitrogens with one attached hydrogen (secondary N) is 1. The number of carbonyl (C=O) groups is 1. The van der Waals surface area contributed by atoms with E-state index in [1.54, 1.807) is 12.1 Å². The number of fused-ring (bicyclic) bond motifs is 1. The minimum Gasteiger partial charge on any atom is -0.397 e. The number of halogens is 1. The standard InChI is InChI=1S/C15H11BrN4O/c16-11-7-10(17)8-18-14(11)20-15(21)13-6-5-9-3-1-2-4-12(9)19-13/h1-8H,17H2,(H,18,20,21). The highest BCUT2D eigenvalue weighted by atomic mass is 79.9. The van der Waals surface area contributed by atoms with Crippen molar-refractivity contribution in [3.8, 4) is 0 Å². The first kappa shape index (κ1) is 13.5. The Bertz CT molecular complexity index is 835. The number of para-hydroxylation sites is 1. The normalized spacial score (nSPS) is 10.5. The zero-order valence-corrected chi connectivity index (χ0v) is 12.5.